The molecule has 320 valence electrons. The number of nitrogens with zero attached hydrogens (tertiary/aromatic N) is 1. The van der Waals surface area contributed by atoms with Gasteiger partial charge in [-0.3, -0.25) is 9.36 Å². The van der Waals surface area contributed by atoms with E-state index in [4.69, 9.17) is 13.8 Å². The lowest BCUT2D eigenvalue weighted by Gasteiger charge is -2.27. The van der Waals surface area contributed by atoms with Crippen molar-refractivity contribution >= 4 is 13.8 Å². The lowest BCUT2D eigenvalue weighted by atomic mass is 10.0. The third-order valence-corrected chi connectivity index (χ3v) is 10.2. The molecule has 0 saturated carbocycles. The maximum atomic E-state index is 11.9. The molecular weight excluding hydrogens is 709 g/mol. The Morgan fingerprint density at radius 2 is 0.964 bits per heavy atom. The molecular formula is C46H84NO7P. The molecule has 2 unspecified atom stereocenters. The molecule has 0 bridgehead atoms. The number of allylic oxidation sites excluding steroid dienone is 10. The van der Waals surface area contributed by atoms with Crippen LogP contribution in [0, 0.1) is 0 Å². The van der Waals surface area contributed by atoms with Gasteiger partial charge in [-0.25, -0.2) is 0 Å². The summed E-state index contributed by atoms with van der Waals surface area (Å²) in [6.45, 7) is 1.84. The van der Waals surface area contributed by atoms with Gasteiger partial charge in [0.1, 0.15) is 25.9 Å². The van der Waals surface area contributed by atoms with Crippen molar-refractivity contribution in [2.75, 3.05) is 47.5 Å². The molecule has 0 aromatic carbocycles. The predicted octanol–water partition coefficient (Wildman–Crippen LogP) is 12.0. The summed E-state index contributed by atoms with van der Waals surface area (Å²) in [5.74, 6) is -0.386. The standard InChI is InChI=1S/C46H84NO7P/c1-5-6-7-8-9-10-11-12-13-14-15-16-17-18-19-20-21-22-23-24-25-26-27-28-29-30-31-32-33-34-35-36-37-38-39-40-46(49)52-43-45(48)44-54-55(50,51)53-42-41-47(2,3)4/h6-7,9-10,12-13,15-16,18-19,45,48H,5,8,11,14,17,20-44H2,1-4H3/b7-6-,10-9-,13-12-,16-15-,19-18-. The Bertz CT molecular complexity index is 1060. The number of carbonyl (C=O) groups excluding carboxylic acids is 1. The lowest BCUT2D eigenvalue weighted by Crippen LogP contribution is -2.37. The molecule has 0 aliphatic rings. The molecule has 8 nitrogen and oxygen atoms in total. The van der Waals surface area contributed by atoms with Crippen LogP contribution in [0.1, 0.15) is 174 Å². The van der Waals surface area contributed by atoms with Crippen LogP contribution in [0.2, 0.25) is 0 Å². The number of esters is 1. The van der Waals surface area contributed by atoms with E-state index in [2.05, 4.69) is 67.7 Å². The van der Waals surface area contributed by atoms with Gasteiger partial charge in [0.05, 0.1) is 27.7 Å². The van der Waals surface area contributed by atoms with Crippen molar-refractivity contribution in [1.82, 2.24) is 0 Å². The lowest BCUT2D eigenvalue weighted by molar-refractivity contribution is -0.870. The van der Waals surface area contributed by atoms with Crippen LogP contribution in [-0.4, -0.2) is 69.2 Å². The Kier molecular flexibility index (Phi) is 37.8. The second kappa shape index (κ2) is 39.0. The summed E-state index contributed by atoms with van der Waals surface area (Å²) in [7, 11) is 1.25. The van der Waals surface area contributed by atoms with Crippen molar-refractivity contribution in [3.05, 3.63) is 60.8 Å². The molecule has 2 atom stereocenters. The number of ether oxygens (including phenoxy) is 1. The van der Waals surface area contributed by atoms with Crippen LogP contribution >= 0.6 is 7.82 Å². The van der Waals surface area contributed by atoms with E-state index in [1.165, 1.54) is 109 Å². The molecule has 0 spiro atoms. The van der Waals surface area contributed by atoms with E-state index >= 15 is 0 Å². The fourth-order valence-corrected chi connectivity index (χ4v) is 6.59. The van der Waals surface area contributed by atoms with Gasteiger partial charge in [-0.1, -0.05) is 177 Å². The van der Waals surface area contributed by atoms with E-state index < -0.39 is 20.5 Å². The number of phosphoric ester groups is 1. The maximum Gasteiger partial charge on any atom is 0.305 e. The first-order chi connectivity index (χ1) is 26.6. The molecule has 0 aromatic heterocycles. The van der Waals surface area contributed by atoms with E-state index in [1.54, 1.807) is 0 Å². The van der Waals surface area contributed by atoms with Crippen molar-refractivity contribution < 1.29 is 37.6 Å². The highest BCUT2D eigenvalue weighted by Crippen LogP contribution is 2.38. The number of quaternary nitrogens is 1. The zero-order valence-electron chi connectivity index (χ0n) is 35.9. The fraction of sp³-hybridized carbons (Fsp3) is 0.761. The van der Waals surface area contributed by atoms with E-state index in [9.17, 15) is 19.4 Å². The van der Waals surface area contributed by atoms with Gasteiger partial charge in [0.25, 0.3) is 7.82 Å². The number of aliphatic hydroxyl groups excluding tert-OH is 1. The van der Waals surface area contributed by atoms with Gasteiger partial charge < -0.3 is 28.3 Å². The number of hydrogen-bond acceptors (Lipinski definition) is 7. The summed E-state index contributed by atoms with van der Waals surface area (Å²) in [4.78, 5) is 23.7. The Morgan fingerprint density at radius 1 is 0.582 bits per heavy atom. The van der Waals surface area contributed by atoms with Crippen molar-refractivity contribution in [1.29, 1.82) is 0 Å². The number of unbranched alkanes of at least 4 members (excludes halogenated alkanes) is 19. The monoisotopic (exact) mass is 794 g/mol. The Balaban J connectivity index is 3.39. The number of hydrogen-bond donors (Lipinski definition) is 1. The van der Waals surface area contributed by atoms with E-state index in [0.717, 1.165) is 51.4 Å². The smallest absolute Gasteiger partial charge is 0.305 e. The number of carbonyl (C=O) groups is 1. The van der Waals surface area contributed by atoms with Gasteiger partial charge in [-0.2, -0.15) is 0 Å². The topological polar surface area (TPSA) is 105 Å². The van der Waals surface area contributed by atoms with Gasteiger partial charge in [0, 0.05) is 6.42 Å². The third-order valence-electron chi connectivity index (χ3n) is 9.28. The summed E-state index contributed by atoms with van der Waals surface area (Å²) >= 11 is 0. The largest absolute Gasteiger partial charge is 0.756 e. The van der Waals surface area contributed by atoms with Gasteiger partial charge in [0.15, 0.2) is 0 Å². The summed E-state index contributed by atoms with van der Waals surface area (Å²) in [6, 6.07) is 0. The number of rotatable bonds is 40. The van der Waals surface area contributed by atoms with Crippen molar-refractivity contribution in [2.45, 2.75) is 180 Å². The van der Waals surface area contributed by atoms with Crippen LogP contribution in [0.3, 0.4) is 0 Å². The van der Waals surface area contributed by atoms with Crippen LogP contribution in [0.4, 0.5) is 0 Å². The van der Waals surface area contributed by atoms with Gasteiger partial charge in [-0.15, -0.1) is 0 Å². The molecule has 0 fully saturated rings. The normalized spacial score (nSPS) is 14.4. The van der Waals surface area contributed by atoms with Crippen LogP contribution in [0.25, 0.3) is 0 Å². The van der Waals surface area contributed by atoms with Crippen LogP contribution in [-0.2, 0) is 23.1 Å². The molecule has 0 radical (unpaired) electrons. The Morgan fingerprint density at radius 3 is 1.38 bits per heavy atom. The molecule has 55 heavy (non-hydrogen) atoms. The quantitative estimate of drug-likeness (QED) is 0.0216. The fourth-order valence-electron chi connectivity index (χ4n) is 5.86. The molecule has 0 aromatic rings. The molecule has 0 saturated heterocycles. The average molecular weight is 794 g/mol. The van der Waals surface area contributed by atoms with E-state index in [-0.39, 0.29) is 19.2 Å². The Hall–Kier alpha value is -1.80. The summed E-state index contributed by atoms with van der Waals surface area (Å²) in [5, 5.41) is 9.89. The second-order valence-electron chi connectivity index (χ2n) is 15.9. The summed E-state index contributed by atoms with van der Waals surface area (Å²) in [5.41, 5.74) is 0. The number of phosphoric acid groups is 1. The molecule has 0 rings (SSSR count). The van der Waals surface area contributed by atoms with Crippen molar-refractivity contribution in [2.24, 2.45) is 0 Å². The minimum atomic E-state index is -4.50. The van der Waals surface area contributed by atoms with Crippen LogP contribution < -0.4 is 4.89 Å². The molecule has 0 amide bonds. The first kappa shape index (κ1) is 53.2. The first-order valence-electron chi connectivity index (χ1n) is 22.0. The highest BCUT2D eigenvalue weighted by atomic mass is 31.2. The Labute approximate surface area is 338 Å². The van der Waals surface area contributed by atoms with Gasteiger partial charge in [0.2, 0.25) is 0 Å². The average Bonchev–Trinajstić information content (AvgIpc) is 3.14. The van der Waals surface area contributed by atoms with E-state index in [0.29, 0.717) is 17.4 Å². The summed E-state index contributed by atoms with van der Waals surface area (Å²) < 4.78 is 26.9. The molecule has 0 aliphatic carbocycles. The minimum absolute atomic E-state index is 0.00854. The van der Waals surface area contributed by atoms with Gasteiger partial charge in [-0.05, 0) is 51.4 Å². The number of likely N-dealkylation sites (N-methyl/N-ethyl adjacent to an activating group) is 1. The third kappa shape index (κ3) is 44.8. The maximum absolute atomic E-state index is 11.9. The highest BCUT2D eigenvalue weighted by Gasteiger charge is 2.16. The highest BCUT2D eigenvalue weighted by molar-refractivity contribution is 7.45. The van der Waals surface area contributed by atoms with E-state index in [1.807, 2.05) is 21.1 Å². The van der Waals surface area contributed by atoms with Crippen LogP contribution in [0.5, 0.6) is 0 Å². The zero-order valence-corrected chi connectivity index (χ0v) is 36.7. The van der Waals surface area contributed by atoms with Crippen molar-refractivity contribution in [3.8, 4) is 0 Å². The van der Waals surface area contributed by atoms with Crippen LogP contribution in [0.15, 0.2) is 60.8 Å². The van der Waals surface area contributed by atoms with Crippen molar-refractivity contribution in [3.63, 3.8) is 0 Å². The molecule has 0 aliphatic heterocycles. The second-order valence-corrected chi connectivity index (χ2v) is 17.3. The zero-order chi connectivity index (χ0) is 40.6. The number of aliphatic hydroxyl groups is 1. The summed E-state index contributed by atoms with van der Waals surface area (Å²) in [6.07, 6.45) is 52.6. The SMILES string of the molecule is CC/C=C\C/C=C\C/C=C\C/C=C\C/C=C\CCCCCCCCCCCCCCCCCCCCCC(=O)OCC(O)COP(=O)([O-])OCC[N+](C)(C)C. The molecule has 0 heterocycles. The molecule has 1 N–H and O–H groups in total. The molecule has 9 heteroatoms. The predicted molar refractivity (Wildman–Crippen MR) is 231 cm³/mol. The minimum Gasteiger partial charge on any atom is -0.756 e. The first-order valence-corrected chi connectivity index (χ1v) is 23.5. The van der Waals surface area contributed by atoms with Gasteiger partial charge >= 0.3 is 5.97 Å².